The second-order valence-electron chi connectivity index (χ2n) is 7.14. The minimum absolute atomic E-state index is 0.0486. The van der Waals surface area contributed by atoms with Crippen LogP contribution >= 0.6 is 0 Å². The Morgan fingerprint density at radius 2 is 1.91 bits per heavy atom. The summed E-state index contributed by atoms with van der Waals surface area (Å²) >= 11 is 0. The lowest BCUT2D eigenvalue weighted by molar-refractivity contribution is 0.0661. The van der Waals surface area contributed by atoms with E-state index < -0.39 is 6.43 Å². The van der Waals surface area contributed by atoms with Gasteiger partial charge in [0.15, 0.2) is 0 Å². The van der Waals surface area contributed by atoms with Crippen molar-refractivity contribution in [2.75, 3.05) is 19.6 Å². The lowest BCUT2D eigenvalue weighted by Crippen LogP contribution is -2.41. The van der Waals surface area contributed by atoms with Crippen LogP contribution in [0, 0.1) is 0 Å². The van der Waals surface area contributed by atoms with Gasteiger partial charge in [-0.2, -0.15) is 0 Å². The highest BCUT2D eigenvalue weighted by Gasteiger charge is 2.22. The Morgan fingerprint density at radius 3 is 2.50 bits per heavy atom. The van der Waals surface area contributed by atoms with Gasteiger partial charge in [-0.3, -0.25) is 4.90 Å². The first-order chi connectivity index (χ1) is 10.3. The molecular weight excluding hydrogens is 284 g/mol. The first kappa shape index (κ1) is 17.2. The van der Waals surface area contributed by atoms with Gasteiger partial charge in [-0.05, 0) is 42.5 Å². The van der Waals surface area contributed by atoms with E-state index in [0.29, 0.717) is 6.54 Å². The van der Waals surface area contributed by atoms with Crippen LogP contribution in [0.2, 0.25) is 0 Å². The van der Waals surface area contributed by atoms with Crippen LogP contribution in [-0.4, -0.2) is 37.1 Å². The second kappa shape index (κ2) is 7.40. The van der Waals surface area contributed by atoms with Crippen LogP contribution in [0.5, 0.6) is 5.75 Å². The molecule has 0 spiro atoms. The fourth-order valence-corrected chi connectivity index (χ4v) is 2.82. The van der Waals surface area contributed by atoms with Crippen LogP contribution < -0.4 is 4.74 Å². The molecule has 1 aromatic rings. The Balaban J connectivity index is 1.87. The van der Waals surface area contributed by atoms with Crippen molar-refractivity contribution < 1.29 is 13.5 Å². The van der Waals surface area contributed by atoms with Gasteiger partial charge in [-0.15, -0.1) is 0 Å². The predicted octanol–water partition coefficient (Wildman–Crippen LogP) is 4.48. The third-order valence-electron chi connectivity index (χ3n) is 4.15. The summed E-state index contributed by atoms with van der Waals surface area (Å²) in [6, 6.07) is 8.23. The number of alkyl halides is 2. The van der Waals surface area contributed by atoms with E-state index in [4.69, 9.17) is 4.74 Å². The normalized spacial score (nSPS) is 20.4. The van der Waals surface area contributed by atoms with E-state index in [1.54, 1.807) is 0 Å². The Labute approximate surface area is 132 Å². The van der Waals surface area contributed by atoms with Crippen LogP contribution in [0.4, 0.5) is 8.78 Å². The summed E-state index contributed by atoms with van der Waals surface area (Å²) in [5, 5.41) is 0. The molecule has 2 rings (SSSR count). The number of likely N-dealkylation sites (tertiary alicyclic amines) is 1. The van der Waals surface area contributed by atoms with Crippen molar-refractivity contribution in [3.63, 3.8) is 0 Å². The lowest BCUT2D eigenvalue weighted by atomic mass is 9.87. The molecule has 0 bridgehead atoms. The summed E-state index contributed by atoms with van der Waals surface area (Å²) in [6.45, 7) is 8.66. The first-order valence-corrected chi connectivity index (χ1v) is 8.12. The Bertz CT molecular complexity index is 453. The number of hydrogen-bond acceptors (Lipinski definition) is 2. The van der Waals surface area contributed by atoms with Crippen molar-refractivity contribution >= 4 is 0 Å². The van der Waals surface area contributed by atoms with Gasteiger partial charge in [0.25, 0.3) is 0 Å². The Kier molecular flexibility index (Phi) is 5.79. The topological polar surface area (TPSA) is 12.5 Å². The molecule has 1 fully saturated rings. The van der Waals surface area contributed by atoms with Crippen LogP contribution in [0.25, 0.3) is 0 Å². The quantitative estimate of drug-likeness (QED) is 0.795. The second-order valence-corrected chi connectivity index (χ2v) is 7.14. The molecule has 0 amide bonds. The summed E-state index contributed by atoms with van der Waals surface area (Å²) < 4.78 is 30.7. The largest absolute Gasteiger partial charge is 0.489 e. The predicted molar refractivity (Wildman–Crippen MR) is 85.9 cm³/mol. The number of rotatable bonds is 5. The maximum atomic E-state index is 12.3. The number of piperidine rings is 1. The number of halogens is 2. The molecular formula is C18H27F2NO. The Hall–Kier alpha value is -1.16. The number of ether oxygens (including phenoxy) is 1. The maximum Gasteiger partial charge on any atom is 0.239 e. The van der Waals surface area contributed by atoms with Gasteiger partial charge in [-0.1, -0.05) is 32.9 Å². The first-order valence-electron chi connectivity index (χ1n) is 8.12. The van der Waals surface area contributed by atoms with Crippen molar-refractivity contribution in [1.29, 1.82) is 0 Å². The summed E-state index contributed by atoms with van der Waals surface area (Å²) in [6.07, 6.45) is -0.161. The monoisotopic (exact) mass is 311 g/mol. The lowest BCUT2D eigenvalue weighted by Gasteiger charge is -2.33. The molecule has 1 aromatic carbocycles. The van der Waals surface area contributed by atoms with E-state index in [9.17, 15) is 8.78 Å². The highest BCUT2D eigenvalue weighted by Crippen LogP contribution is 2.25. The van der Waals surface area contributed by atoms with Crippen molar-refractivity contribution in [2.45, 2.75) is 58.0 Å². The molecule has 0 aromatic heterocycles. The van der Waals surface area contributed by atoms with Gasteiger partial charge in [0.05, 0.1) is 0 Å². The molecule has 1 aliphatic heterocycles. The van der Waals surface area contributed by atoms with E-state index in [1.807, 2.05) is 12.1 Å². The van der Waals surface area contributed by atoms with Crippen molar-refractivity contribution in [1.82, 2.24) is 4.90 Å². The molecule has 0 saturated carbocycles. The van der Waals surface area contributed by atoms with E-state index in [0.717, 1.165) is 31.7 Å². The Morgan fingerprint density at radius 1 is 1.23 bits per heavy atom. The molecule has 4 heteroatoms. The van der Waals surface area contributed by atoms with Gasteiger partial charge >= 0.3 is 0 Å². The minimum atomic E-state index is -2.22. The zero-order chi connectivity index (χ0) is 16.2. The maximum absolute atomic E-state index is 12.3. The standard InChI is InChI=1S/C18H27F2NO/c1-18(2,3)14-6-8-15(9-7-14)22-16-5-4-11-21(13-16)12-10-17(19)20/h6-9,16-17H,4-5,10-13H2,1-3H3/t16-/m0/s1. The molecule has 0 unspecified atom stereocenters. The fourth-order valence-electron chi connectivity index (χ4n) is 2.82. The molecule has 22 heavy (non-hydrogen) atoms. The van der Waals surface area contributed by atoms with Crippen LogP contribution in [0.15, 0.2) is 24.3 Å². The molecule has 0 aliphatic carbocycles. The molecule has 124 valence electrons. The minimum Gasteiger partial charge on any atom is -0.489 e. The molecule has 1 heterocycles. The zero-order valence-electron chi connectivity index (χ0n) is 13.8. The van der Waals surface area contributed by atoms with Crippen LogP contribution in [0.1, 0.15) is 45.6 Å². The third-order valence-corrected chi connectivity index (χ3v) is 4.15. The van der Waals surface area contributed by atoms with Crippen LogP contribution in [0.3, 0.4) is 0 Å². The molecule has 0 radical (unpaired) electrons. The highest BCUT2D eigenvalue weighted by atomic mass is 19.3. The number of benzene rings is 1. The summed E-state index contributed by atoms with van der Waals surface area (Å²) in [7, 11) is 0. The average Bonchev–Trinajstić information content (AvgIpc) is 2.45. The summed E-state index contributed by atoms with van der Waals surface area (Å²) in [5.41, 5.74) is 1.41. The van der Waals surface area contributed by atoms with Crippen molar-refractivity contribution in [3.8, 4) is 5.75 Å². The molecule has 1 aliphatic rings. The molecule has 2 nitrogen and oxygen atoms in total. The average molecular weight is 311 g/mol. The van der Waals surface area contributed by atoms with E-state index >= 15 is 0 Å². The number of nitrogens with zero attached hydrogens (tertiary/aromatic N) is 1. The zero-order valence-corrected chi connectivity index (χ0v) is 13.8. The van der Waals surface area contributed by atoms with E-state index in [2.05, 4.69) is 37.8 Å². The molecule has 0 N–H and O–H groups in total. The molecule has 1 saturated heterocycles. The van der Waals surface area contributed by atoms with E-state index in [-0.39, 0.29) is 17.9 Å². The highest BCUT2D eigenvalue weighted by molar-refractivity contribution is 5.31. The van der Waals surface area contributed by atoms with Crippen molar-refractivity contribution in [3.05, 3.63) is 29.8 Å². The van der Waals surface area contributed by atoms with Gasteiger partial charge in [0.1, 0.15) is 11.9 Å². The van der Waals surface area contributed by atoms with Gasteiger partial charge in [0.2, 0.25) is 6.43 Å². The fraction of sp³-hybridized carbons (Fsp3) is 0.667. The summed E-state index contributed by atoms with van der Waals surface area (Å²) in [5.74, 6) is 0.869. The molecule has 1 atom stereocenters. The van der Waals surface area contributed by atoms with Gasteiger partial charge in [-0.25, -0.2) is 8.78 Å². The number of hydrogen-bond donors (Lipinski definition) is 0. The summed E-state index contributed by atoms with van der Waals surface area (Å²) in [4.78, 5) is 2.09. The van der Waals surface area contributed by atoms with Gasteiger partial charge in [0, 0.05) is 19.5 Å². The smallest absolute Gasteiger partial charge is 0.239 e. The van der Waals surface area contributed by atoms with Crippen LogP contribution in [-0.2, 0) is 5.41 Å². The van der Waals surface area contributed by atoms with E-state index in [1.165, 1.54) is 5.56 Å². The van der Waals surface area contributed by atoms with Crippen molar-refractivity contribution in [2.24, 2.45) is 0 Å². The third kappa shape index (κ3) is 5.24. The van der Waals surface area contributed by atoms with Gasteiger partial charge < -0.3 is 4.74 Å². The SMILES string of the molecule is CC(C)(C)c1ccc(O[C@H]2CCCN(CCC(F)F)C2)cc1.